The number of nitrogens with one attached hydrogen (secondary N) is 1. The van der Waals surface area contributed by atoms with E-state index < -0.39 is 18.1 Å². The zero-order chi connectivity index (χ0) is 17.9. The Morgan fingerprint density at radius 3 is 2.62 bits per heavy atom. The van der Waals surface area contributed by atoms with E-state index in [1.165, 1.54) is 22.9 Å². The van der Waals surface area contributed by atoms with Crippen LogP contribution in [0.2, 0.25) is 0 Å². The molecule has 0 saturated carbocycles. The monoisotopic (exact) mass is 336 g/mol. The molecule has 1 aliphatic heterocycles. The number of hydrogen-bond acceptors (Lipinski definition) is 5. The van der Waals surface area contributed by atoms with E-state index in [2.05, 4.69) is 10.4 Å². The van der Waals surface area contributed by atoms with E-state index in [-0.39, 0.29) is 17.7 Å². The van der Waals surface area contributed by atoms with Crippen molar-refractivity contribution in [1.29, 1.82) is 0 Å². The molecule has 1 aromatic heterocycles. The van der Waals surface area contributed by atoms with E-state index in [0.717, 1.165) is 6.42 Å². The molecular formula is C16H24N4O4. The Bertz CT molecular complexity index is 625. The lowest BCUT2D eigenvalue weighted by Crippen LogP contribution is -2.53. The van der Waals surface area contributed by atoms with Crippen LogP contribution in [0.1, 0.15) is 37.0 Å². The van der Waals surface area contributed by atoms with E-state index in [1.54, 1.807) is 13.2 Å². The molecule has 0 aromatic carbocycles. The third-order valence-electron chi connectivity index (χ3n) is 4.20. The third-order valence-corrected chi connectivity index (χ3v) is 4.20. The highest BCUT2D eigenvalue weighted by atomic mass is 16.5. The smallest absolute Gasteiger partial charge is 0.328 e. The second-order valence-corrected chi connectivity index (χ2v) is 6.31. The highest BCUT2D eigenvalue weighted by molar-refractivity contribution is 5.98. The maximum Gasteiger partial charge on any atom is 0.328 e. The SMILES string of the molecule is COC(=O)[C@@H]1CCCN1C(=O)[C@@H](NC(=O)c1cnn(C)c1)C(C)C. The molecule has 0 unspecified atom stereocenters. The second kappa shape index (κ2) is 7.46. The number of likely N-dealkylation sites (tertiary alicyclic amines) is 1. The molecule has 0 radical (unpaired) electrons. The summed E-state index contributed by atoms with van der Waals surface area (Å²) in [7, 11) is 3.03. The van der Waals surface area contributed by atoms with Crippen LogP contribution in [0.5, 0.6) is 0 Å². The van der Waals surface area contributed by atoms with Crippen molar-refractivity contribution in [2.24, 2.45) is 13.0 Å². The van der Waals surface area contributed by atoms with Gasteiger partial charge >= 0.3 is 5.97 Å². The van der Waals surface area contributed by atoms with Crippen molar-refractivity contribution in [3.8, 4) is 0 Å². The molecule has 1 saturated heterocycles. The standard InChI is InChI=1S/C16H24N4O4/c1-10(2)13(18-14(21)11-8-17-19(3)9-11)15(22)20-7-5-6-12(20)16(23)24-4/h8-10,12-13H,5-7H2,1-4H3,(H,18,21)/t12-,13-/m0/s1. The molecular weight excluding hydrogens is 312 g/mol. The van der Waals surface area contributed by atoms with Crippen molar-refractivity contribution in [1.82, 2.24) is 20.0 Å². The van der Waals surface area contributed by atoms with Crippen LogP contribution in [0, 0.1) is 5.92 Å². The topological polar surface area (TPSA) is 93.5 Å². The Balaban J connectivity index is 2.13. The van der Waals surface area contributed by atoms with Crippen LogP contribution in [0.4, 0.5) is 0 Å². The van der Waals surface area contributed by atoms with E-state index in [4.69, 9.17) is 4.74 Å². The van der Waals surface area contributed by atoms with Gasteiger partial charge in [-0.1, -0.05) is 13.8 Å². The molecule has 1 aliphatic rings. The average molecular weight is 336 g/mol. The van der Waals surface area contributed by atoms with Crippen molar-refractivity contribution in [2.75, 3.05) is 13.7 Å². The first-order chi connectivity index (χ1) is 11.3. The fourth-order valence-electron chi connectivity index (χ4n) is 2.87. The van der Waals surface area contributed by atoms with Gasteiger partial charge in [0.05, 0.1) is 18.9 Å². The molecule has 2 heterocycles. The molecule has 2 amide bonds. The summed E-state index contributed by atoms with van der Waals surface area (Å²) in [5.41, 5.74) is 0.391. The Kier molecular flexibility index (Phi) is 5.58. The summed E-state index contributed by atoms with van der Waals surface area (Å²) >= 11 is 0. The minimum atomic E-state index is -0.706. The number of carbonyl (C=O) groups excluding carboxylic acids is 3. The number of aryl methyl sites for hydroxylation is 1. The number of aromatic nitrogens is 2. The number of ether oxygens (including phenoxy) is 1. The largest absolute Gasteiger partial charge is 0.467 e. The zero-order valence-electron chi connectivity index (χ0n) is 14.5. The maximum atomic E-state index is 12.9. The van der Waals surface area contributed by atoms with Crippen molar-refractivity contribution in [3.05, 3.63) is 18.0 Å². The summed E-state index contributed by atoms with van der Waals surface area (Å²) in [4.78, 5) is 38.6. The molecule has 2 atom stereocenters. The lowest BCUT2D eigenvalue weighted by atomic mass is 10.0. The molecule has 8 nitrogen and oxygen atoms in total. The Morgan fingerprint density at radius 2 is 2.08 bits per heavy atom. The van der Waals surface area contributed by atoms with Crippen LogP contribution in [0.25, 0.3) is 0 Å². The van der Waals surface area contributed by atoms with Gasteiger partial charge in [-0.05, 0) is 18.8 Å². The van der Waals surface area contributed by atoms with Gasteiger partial charge in [0.1, 0.15) is 12.1 Å². The predicted molar refractivity (Wildman–Crippen MR) is 86.1 cm³/mol. The highest BCUT2D eigenvalue weighted by Crippen LogP contribution is 2.21. The first-order valence-electron chi connectivity index (χ1n) is 8.03. The number of amides is 2. The van der Waals surface area contributed by atoms with Gasteiger partial charge < -0.3 is 15.0 Å². The molecule has 24 heavy (non-hydrogen) atoms. The zero-order valence-corrected chi connectivity index (χ0v) is 14.5. The number of nitrogens with zero attached hydrogens (tertiary/aromatic N) is 3. The number of carbonyl (C=O) groups is 3. The van der Waals surface area contributed by atoms with Gasteiger partial charge in [0.25, 0.3) is 5.91 Å². The Hall–Kier alpha value is -2.38. The van der Waals surface area contributed by atoms with Crippen LogP contribution in [-0.4, -0.2) is 58.2 Å². The van der Waals surface area contributed by atoms with Gasteiger partial charge in [-0.25, -0.2) is 4.79 Å². The van der Waals surface area contributed by atoms with Crippen LogP contribution < -0.4 is 5.32 Å². The lowest BCUT2D eigenvalue weighted by Gasteiger charge is -2.29. The van der Waals surface area contributed by atoms with Crippen molar-refractivity contribution >= 4 is 17.8 Å². The number of hydrogen-bond donors (Lipinski definition) is 1. The summed E-state index contributed by atoms with van der Waals surface area (Å²) in [5.74, 6) is -1.14. The summed E-state index contributed by atoms with van der Waals surface area (Å²) in [6, 6.07) is -1.28. The normalized spacial score (nSPS) is 18.5. The van der Waals surface area contributed by atoms with Gasteiger partial charge in [0.2, 0.25) is 5.91 Å². The van der Waals surface area contributed by atoms with Gasteiger partial charge in [-0.3, -0.25) is 14.3 Å². The second-order valence-electron chi connectivity index (χ2n) is 6.31. The van der Waals surface area contributed by atoms with Gasteiger partial charge in [0, 0.05) is 19.8 Å². The minimum Gasteiger partial charge on any atom is -0.467 e. The quantitative estimate of drug-likeness (QED) is 0.783. The van der Waals surface area contributed by atoms with Gasteiger partial charge in [-0.15, -0.1) is 0 Å². The lowest BCUT2D eigenvalue weighted by molar-refractivity contribution is -0.151. The highest BCUT2D eigenvalue weighted by Gasteiger charge is 2.39. The van der Waals surface area contributed by atoms with E-state index in [9.17, 15) is 14.4 Å². The van der Waals surface area contributed by atoms with Crippen molar-refractivity contribution in [3.63, 3.8) is 0 Å². The maximum absolute atomic E-state index is 12.9. The third kappa shape index (κ3) is 3.74. The van der Waals surface area contributed by atoms with Crippen molar-refractivity contribution < 1.29 is 19.1 Å². The molecule has 1 fully saturated rings. The summed E-state index contributed by atoms with van der Waals surface area (Å²) in [5, 5.41) is 6.72. The molecule has 8 heteroatoms. The molecule has 2 rings (SSSR count). The van der Waals surface area contributed by atoms with E-state index in [1.807, 2.05) is 13.8 Å². The summed E-state index contributed by atoms with van der Waals surface area (Å²) in [6.45, 7) is 4.20. The molecule has 0 spiro atoms. The minimum absolute atomic E-state index is 0.114. The molecule has 1 aromatic rings. The van der Waals surface area contributed by atoms with Crippen LogP contribution in [-0.2, 0) is 21.4 Å². The molecule has 0 aliphatic carbocycles. The average Bonchev–Trinajstić information content (AvgIpc) is 3.19. The first-order valence-corrected chi connectivity index (χ1v) is 8.03. The molecule has 0 bridgehead atoms. The van der Waals surface area contributed by atoms with Gasteiger partial charge in [0.15, 0.2) is 0 Å². The van der Waals surface area contributed by atoms with Crippen LogP contribution in [0.3, 0.4) is 0 Å². The van der Waals surface area contributed by atoms with Crippen LogP contribution in [0.15, 0.2) is 12.4 Å². The van der Waals surface area contributed by atoms with E-state index >= 15 is 0 Å². The van der Waals surface area contributed by atoms with Gasteiger partial charge in [-0.2, -0.15) is 5.10 Å². The number of methoxy groups -OCH3 is 1. The number of esters is 1. The fourth-order valence-corrected chi connectivity index (χ4v) is 2.87. The predicted octanol–water partition coefficient (Wildman–Crippen LogP) is 0.339. The van der Waals surface area contributed by atoms with E-state index in [0.29, 0.717) is 18.5 Å². The number of rotatable bonds is 5. The first kappa shape index (κ1) is 18.0. The Morgan fingerprint density at radius 1 is 1.38 bits per heavy atom. The fraction of sp³-hybridized carbons (Fsp3) is 0.625. The Labute approximate surface area is 141 Å². The van der Waals surface area contributed by atoms with Crippen molar-refractivity contribution in [2.45, 2.75) is 38.8 Å². The van der Waals surface area contributed by atoms with Crippen LogP contribution >= 0.6 is 0 Å². The molecule has 132 valence electrons. The summed E-state index contributed by atoms with van der Waals surface area (Å²) in [6.07, 6.45) is 4.36. The molecule has 1 N–H and O–H groups in total. The summed E-state index contributed by atoms with van der Waals surface area (Å²) < 4.78 is 6.30.